The number of carbonyl (C=O) groups is 1. The first-order valence-electron chi connectivity index (χ1n) is 7.11. The van der Waals surface area contributed by atoms with E-state index in [1.807, 2.05) is 0 Å². The fourth-order valence-corrected chi connectivity index (χ4v) is 2.48. The van der Waals surface area contributed by atoms with Gasteiger partial charge in [0, 0.05) is 12.1 Å². The van der Waals surface area contributed by atoms with Crippen molar-refractivity contribution in [1.29, 1.82) is 0 Å². The highest BCUT2D eigenvalue weighted by atomic mass is 16.2. The van der Waals surface area contributed by atoms with Crippen molar-refractivity contribution in [2.24, 2.45) is 17.6 Å². The van der Waals surface area contributed by atoms with Crippen LogP contribution in [0, 0.1) is 11.8 Å². The first-order chi connectivity index (χ1) is 8.38. The molecule has 1 fully saturated rings. The highest BCUT2D eigenvalue weighted by Crippen LogP contribution is 2.21. The molecule has 4 heteroatoms. The van der Waals surface area contributed by atoms with Gasteiger partial charge < -0.3 is 11.1 Å². The van der Waals surface area contributed by atoms with Crippen molar-refractivity contribution in [1.82, 2.24) is 10.2 Å². The fourth-order valence-electron chi connectivity index (χ4n) is 2.48. The predicted molar refractivity (Wildman–Crippen MR) is 75.3 cm³/mol. The van der Waals surface area contributed by atoms with Crippen LogP contribution >= 0.6 is 0 Å². The zero-order valence-electron chi connectivity index (χ0n) is 12.3. The Morgan fingerprint density at radius 2 is 2.17 bits per heavy atom. The quantitative estimate of drug-likeness (QED) is 0.776. The molecule has 0 aromatic heterocycles. The molecule has 1 amide bonds. The van der Waals surface area contributed by atoms with Crippen molar-refractivity contribution in [3.05, 3.63) is 0 Å². The Bertz CT molecular complexity index is 278. The van der Waals surface area contributed by atoms with E-state index in [2.05, 4.69) is 37.9 Å². The normalized spacial score (nSPS) is 26.1. The second-order valence-electron chi connectivity index (χ2n) is 6.28. The van der Waals surface area contributed by atoms with Crippen molar-refractivity contribution in [2.75, 3.05) is 26.2 Å². The molecule has 3 N–H and O–H groups in total. The third kappa shape index (κ3) is 4.58. The van der Waals surface area contributed by atoms with E-state index in [1.165, 1.54) is 0 Å². The molecular weight excluding hydrogens is 226 g/mol. The molecule has 0 aromatic carbocycles. The lowest BCUT2D eigenvalue weighted by Gasteiger charge is -2.36. The maximum atomic E-state index is 12.0. The topological polar surface area (TPSA) is 58.4 Å². The number of likely N-dealkylation sites (tertiary alicyclic amines) is 1. The van der Waals surface area contributed by atoms with Crippen LogP contribution in [0.2, 0.25) is 0 Å². The summed E-state index contributed by atoms with van der Waals surface area (Å²) in [6.07, 6.45) is 2.06. The molecule has 4 nitrogen and oxygen atoms in total. The zero-order valence-corrected chi connectivity index (χ0v) is 12.3. The number of amides is 1. The van der Waals surface area contributed by atoms with E-state index in [0.717, 1.165) is 32.5 Å². The SMILES string of the molecule is CCC(C)(C)NC(=O)CN1CCC(CN)C(C)C1. The number of hydrogen-bond donors (Lipinski definition) is 2. The average Bonchev–Trinajstić information content (AvgIpc) is 2.28. The first-order valence-corrected chi connectivity index (χ1v) is 7.11. The van der Waals surface area contributed by atoms with Gasteiger partial charge in [-0.05, 0) is 51.6 Å². The standard InChI is InChI=1S/C14H29N3O/c1-5-14(3,4)16-13(18)10-17-7-6-12(8-15)11(2)9-17/h11-12H,5-10,15H2,1-4H3,(H,16,18). The Labute approximate surface area is 111 Å². The van der Waals surface area contributed by atoms with Gasteiger partial charge in [-0.3, -0.25) is 9.69 Å². The summed E-state index contributed by atoms with van der Waals surface area (Å²) in [5.74, 6) is 1.35. The lowest BCUT2D eigenvalue weighted by atomic mass is 9.87. The van der Waals surface area contributed by atoms with E-state index < -0.39 is 0 Å². The molecule has 2 unspecified atom stereocenters. The molecule has 106 valence electrons. The van der Waals surface area contributed by atoms with Crippen LogP contribution in [-0.4, -0.2) is 42.5 Å². The highest BCUT2D eigenvalue weighted by molar-refractivity contribution is 5.78. The molecule has 1 aliphatic rings. The van der Waals surface area contributed by atoms with Crippen molar-refractivity contribution in [2.45, 2.75) is 46.1 Å². The maximum Gasteiger partial charge on any atom is 0.234 e. The number of piperidine rings is 1. The minimum absolute atomic E-state index is 0.0989. The van der Waals surface area contributed by atoms with E-state index in [9.17, 15) is 4.79 Å². The Morgan fingerprint density at radius 3 is 2.67 bits per heavy atom. The number of rotatable bonds is 5. The van der Waals surface area contributed by atoms with Crippen molar-refractivity contribution >= 4 is 5.91 Å². The number of nitrogens with zero attached hydrogens (tertiary/aromatic N) is 1. The zero-order chi connectivity index (χ0) is 13.8. The first kappa shape index (κ1) is 15.4. The summed E-state index contributed by atoms with van der Waals surface area (Å²) in [4.78, 5) is 14.2. The van der Waals surface area contributed by atoms with E-state index in [4.69, 9.17) is 5.73 Å². The second-order valence-corrected chi connectivity index (χ2v) is 6.28. The van der Waals surface area contributed by atoms with Gasteiger partial charge in [0.1, 0.15) is 0 Å². The minimum atomic E-state index is -0.0989. The minimum Gasteiger partial charge on any atom is -0.350 e. The third-order valence-electron chi connectivity index (χ3n) is 4.20. The van der Waals surface area contributed by atoms with Crippen LogP contribution in [0.3, 0.4) is 0 Å². The molecule has 0 aliphatic carbocycles. The molecule has 1 heterocycles. The van der Waals surface area contributed by atoms with E-state index in [-0.39, 0.29) is 11.4 Å². The van der Waals surface area contributed by atoms with Gasteiger partial charge in [-0.1, -0.05) is 13.8 Å². The predicted octanol–water partition coefficient (Wildman–Crippen LogP) is 1.21. The van der Waals surface area contributed by atoms with Crippen LogP contribution in [0.25, 0.3) is 0 Å². The molecule has 1 rings (SSSR count). The largest absolute Gasteiger partial charge is 0.350 e. The fraction of sp³-hybridized carbons (Fsp3) is 0.929. The summed E-state index contributed by atoms with van der Waals surface area (Å²) in [6.45, 7) is 11.7. The molecule has 0 spiro atoms. The summed E-state index contributed by atoms with van der Waals surface area (Å²) in [5, 5.41) is 3.09. The maximum absolute atomic E-state index is 12.0. The summed E-state index contributed by atoms with van der Waals surface area (Å²) < 4.78 is 0. The van der Waals surface area contributed by atoms with Crippen LogP contribution in [-0.2, 0) is 4.79 Å². The van der Waals surface area contributed by atoms with Gasteiger partial charge in [0.15, 0.2) is 0 Å². The summed E-state index contributed by atoms with van der Waals surface area (Å²) in [5.41, 5.74) is 5.64. The van der Waals surface area contributed by atoms with Crippen LogP contribution in [0.1, 0.15) is 40.5 Å². The Kier molecular flexibility index (Phi) is 5.60. The molecule has 1 saturated heterocycles. The highest BCUT2D eigenvalue weighted by Gasteiger charge is 2.27. The Hall–Kier alpha value is -0.610. The van der Waals surface area contributed by atoms with Gasteiger partial charge in [-0.25, -0.2) is 0 Å². The molecule has 1 aliphatic heterocycles. The smallest absolute Gasteiger partial charge is 0.234 e. The van der Waals surface area contributed by atoms with Crippen molar-refractivity contribution < 1.29 is 4.79 Å². The van der Waals surface area contributed by atoms with Crippen molar-refractivity contribution in [3.63, 3.8) is 0 Å². The van der Waals surface area contributed by atoms with Crippen molar-refractivity contribution in [3.8, 4) is 0 Å². The molecule has 0 radical (unpaired) electrons. The Morgan fingerprint density at radius 1 is 1.50 bits per heavy atom. The molecule has 0 bridgehead atoms. The lowest BCUT2D eigenvalue weighted by molar-refractivity contribution is -0.124. The second kappa shape index (κ2) is 6.53. The molecule has 18 heavy (non-hydrogen) atoms. The van der Waals surface area contributed by atoms with Crippen LogP contribution in [0.4, 0.5) is 0 Å². The molecule has 0 aromatic rings. The van der Waals surface area contributed by atoms with E-state index >= 15 is 0 Å². The molecule has 2 atom stereocenters. The monoisotopic (exact) mass is 255 g/mol. The van der Waals surface area contributed by atoms with E-state index in [0.29, 0.717) is 18.4 Å². The summed E-state index contributed by atoms with van der Waals surface area (Å²) in [7, 11) is 0. The molecular formula is C14H29N3O. The van der Waals surface area contributed by atoms with Crippen LogP contribution in [0.15, 0.2) is 0 Å². The average molecular weight is 255 g/mol. The van der Waals surface area contributed by atoms with Gasteiger partial charge in [0.25, 0.3) is 0 Å². The third-order valence-corrected chi connectivity index (χ3v) is 4.20. The van der Waals surface area contributed by atoms with E-state index in [1.54, 1.807) is 0 Å². The summed E-state index contributed by atoms with van der Waals surface area (Å²) in [6, 6.07) is 0. The van der Waals surface area contributed by atoms with Gasteiger partial charge in [0.2, 0.25) is 5.91 Å². The van der Waals surface area contributed by atoms with Crippen LogP contribution < -0.4 is 11.1 Å². The van der Waals surface area contributed by atoms with Crippen LogP contribution in [0.5, 0.6) is 0 Å². The number of nitrogens with two attached hydrogens (primary N) is 1. The number of nitrogens with one attached hydrogen (secondary N) is 1. The Balaban J connectivity index is 2.38. The van der Waals surface area contributed by atoms with Gasteiger partial charge >= 0.3 is 0 Å². The number of carbonyl (C=O) groups excluding carboxylic acids is 1. The summed E-state index contributed by atoms with van der Waals surface area (Å²) >= 11 is 0. The molecule has 0 saturated carbocycles. The van der Waals surface area contributed by atoms with Gasteiger partial charge in [-0.2, -0.15) is 0 Å². The van der Waals surface area contributed by atoms with Gasteiger partial charge in [-0.15, -0.1) is 0 Å². The lowest BCUT2D eigenvalue weighted by Crippen LogP contribution is -2.50. The van der Waals surface area contributed by atoms with Gasteiger partial charge in [0.05, 0.1) is 6.54 Å². The number of hydrogen-bond acceptors (Lipinski definition) is 3.